The first-order valence-corrected chi connectivity index (χ1v) is 15.1. The summed E-state index contributed by atoms with van der Waals surface area (Å²) in [6.07, 6.45) is -11.8. The number of esters is 1. The Morgan fingerprint density at radius 1 is 1.07 bits per heavy atom. The molecule has 1 aliphatic rings. The highest BCUT2D eigenvalue weighted by molar-refractivity contribution is 7.86. The molecule has 3 N–H and O–H groups in total. The number of benzene rings is 2. The smallest absolute Gasteiger partial charge is 0.461 e. The average Bonchev–Trinajstić information content (AvgIpc) is 2.89. The van der Waals surface area contributed by atoms with Gasteiger partial charge in [0.1, 0.15) is 29.8 Å². The maximum atomic E-state index is 13.1. The van der Waals surface area contributed by atoms with Gasteiger partial charge in [-0.05, 0) is 48.9 Å². The molecule has 0 aromatic heterocycles. The number of rotatable bonds is 12. The molecule has 13 nitrogen and oxygen atoms in total. The molecule has 1 fully saturated rings. The number of hydrogen-bond donors (Lipinski definition) is 3. The predicted molar refractivity (Wildman–Crippen MR) is 135 cm³/mol. The molecule has 0 unspecified atom stereocenters. The fraction of sp³-hybridized carbons (Fsp3) is 0.458. The van der Waals surface area contributed by atoms with Gasteiger partial charge >= 0.3 is 20.0 Å². The molecule has 1 saturated heterocycles. The van der Waals surface area contributed by atoms with Crippen molar-refractivity contribution in [3.63, 3.8) is 0 Å². The summed E-state index contributed by atoms with van der Waals surface area (Å²) >= 11 is 0. The fourth-order valence-electron chi connectivity index (χ4n) is 3.79. The van der Waals surface area contributed by atoms with Crippen LogP contribution >= 0.6 is 7.82 Å². The van der Waals surface area contributed by atoms with Gasteiger partial charge < -0.3 is 28.6 Å². The molecule has 0 saturated carbocycles. The Morgan fingerprint density at radius 2 is 1.71 bits per heavy atom. The van der Waals surface area contributed by atoms with Crippen LogP contribution in [-0.2, 0) is 44.0 Å². The second-order valence-corrected chi connectivity index (χ2v) is 11.7. The average molecular weight is 645 g/mol. The molecule has 2 aromatic carbocycles. The lowest BCUT2D eigenvalue weighted by atomic mass is 9.98. The van der Waals surface area contributed by atoms with Gasteiger partial charge in [0, 0.05) is 13.5 Å². The molecule has 0 radical (unpaired) electrons. The molecule has 1 heterocycles. The van der Waals surface area contributed by atoms with E-state index in [0.29, 0.717) is 18.6 Å². The monoisotopic (exact) mass is 644 g/mol. The van der Waals surface area contributed by atoms with Gasteiger partial charge in [-0.2, -0.15) is 21.6 Å². The molecule has 234 valence electrons. The van der Waals surface area contributed by atoms with Gasteiger partial charge in [-0.25, -0.2) is 4.57 Å². The Bertz CT molecular complexity index is 1360. The van der Waals surface area contributed by atoms with Crippen molar-refractivity contribution < 1.29 is 73.5 Å². The van der Waals surface area contributed by atoms with Crippen molar-refractivity contribution in [1.82, 2.24) is 0 Å². The first-order chi connectivity index (χ1) is 19.5. The molecule has 0 amide bonds. The van der Waals surface area contributed by atoms with Gasteiger partial charge in [0.2, 0.25) is 6.29 Å². The van der Waals surface area contributed by atoms with Crippen molar-refractivity contribution >= 4 is 23.9 Å². The number of aliphatic hydroxyl groups is 1. The Kier molecular flexibility index (Phi) is 11.0. The molecule has 2 aromatic rings. The summed E-state index contributed by atoms with van der Waals surface area (Å²) in [7, 11) is -9.60. The molecule has 1 aliphatic heterocycles. The van der Waals surface area contributed by atoms with Crippen LogP contribution in [0.3, 0.4) is 0 Å². The maximum absolute atomic E-state index is 13.1. The third-order valence-corrected chi connectivity index (χ3v) is 7.30. The Hall–Kier alpha value is -2.76. The van der Waals surface area contributed by atoms with Crippen molar-refractivity contribution in [1.29, 1.82) is 0 Å². The van der Waals surface area contributed by atoms with E-state index < -0.39 is 77.9 Å². The molecular weight excluding hydrogens is 616 g/mol. The molecule has 5 atom stereocenters. The van der Waals surface area contributed by atoms with Crippen molar-refractivity contribution in [2.45, 2.75) is 62.0 Å². The molecule has 0 aliphatic carbocycles. The number of hydrogen-bond acceptors (Lipinski definition) is 11. The van der Waals surface area contributed by atoms with E-state index in [9.17, 15) is 36.1 Å². The van der Waals surface area contributed by atoms with Crippen LogP contribution in [0.25, 0.3) is 0 Å². The van der Waals surface area contributed by atoms with Crippen molar-refractivity contribution in [2.75, 3.05) is 13.2 Å². The zero-order chi connectivity index (χ0) is 31.3. The van der Waals surface area contributed by atoms with Gasteiger partial charge in [-0.1, -0.05) is 13.0 Å². The van der Waals surface area contributed by atoms with Gasteiger partial charge in [-0.15, -0.1) is 0 Å². The molecule has 0 spiro atoms. The summed E-state index contributed by atoms with van der Waals surface area (Å²) in [6.45, 7) is 2.00. The van der Waals surface area contributed by atoms with E-state index in [1.54, 1.807) is 6.92 Å². The van der Waals surface area contributed by atoms with Crippen LogP contribution in [0.4, 0.5) is 13.2 Å². The minimum absolute atomic E-state index is 0.0112. The van der Waals surface area contributed by atoms with Crippen LogP contribution in [0.1, 0.15) is 25.8 Å². The number of halogens is 3. The second-order valence-electron chi connectivity index (χ2n) is 8.88. The van der Waals surface area contributed by atoms with Crippen LogP contribution in [0, 0.1) is 0 Å². The molecule has 18 heteroatoms. The number of ether oxygens (including phenoxy) is 4. The van der Waals surface area contributed by atoms with E-state index >= 15 is 0 Å². The molecule has 3 rings (SSSR count). The van der Waals surface area contributed by atoms with E-state index in [2.05, 4.69) is 4.52 Å². The van der Waals surface area contributed by atoms with Crippen LogP contribution in [0.5, 0.6) is 11.5 Å². The lowest BCUT2D eigenvalue weighted by Crippen LogP contribution is -2.62. The number of carbonyl (C=O) groups excluding carboxylic acids is 1. The minimum Gasteiger partial charge on any atom is -0.461 e. The van der Waals surface area contributed by atoms with Gasteiger partial charge in [-0.3, -0.25) is 18.8 Å². The predicted octanol–water partition coefficient (Wildman–Crippen LogP) is 2.77. The zero-order valence-electron chi connectivity index (χ0n) is 22.0. The summed E-state index contributed by atoms with van der Waals surface area (Å²) in [5, 5.41) is 11.0. The first-order valence-electron chi connectivity index (χ1n) is 12.2. The third kappa shape index (κ3) is 9.37. The lowest BCUT2D eigenvalue weighted by Gasteiger charge is -2.43. The Morgan fingerprint density at radius 3 is 2.29 bits per heavy atom. The SMILES string of the molecule is CCCO[C@H]1[C@H](O)[C@H](COS(=O)(=O)c2cccc(C(F)(F)F)c2)O[C@@H](Oc2ccc(OP(=O)(O)O)cc2)[C@H]1OC(C)=O. The van der Waals surface area contributed by atoms with Crippen LogP contribution in [0.15, 0.2) is 53.4 Å². The molecular formula is C24H28F3O13PS. The van der Waals surface area contributed by atoms with Gasteiger partial charge in [0.05, 0.1) is 17.1 Å². The number of phosphoric ester groups is 1. The topological polar surface area (TPSA) is 184 Å². The molecule has 42 heavy (non-hydrogen) atoms. The normalized spacial score (nSPS) is 23.3. The number of aliphatic hydroxyl groups excluding tert-OH is 1. The summed E-state index contributed by atoms with van der Waals surface area (Å²) in [5.41, 5.74) is -1.22. The summed E-state index contributed by atoms with van der Waals surface area (Å²) in [5.74, 6) is -0.999. The maximum Gasteiger partial charge on any atom is 0.524 e. The highest BCUT2D eigenvalue weighted by atomic mass is 32.2. The number of alkyl halides is 3. The fourth-order valence-corrected chi connectivity index (χ4v) is 5.15. The van der Waals surface area contributed by atoms with E-state index in [4.69, 9.17) is 32.9 Å². The van der Waals surface area contributed by atoms with Crippen LogP contribution in [-0.4, -0.2) is 73.2 Å². The van der Waals surface area contributed by atoms with E-state index in [-0.39, 0.29) is 18.1 Å². The van der Waals surface area contributed by atoms with E-state index in [1.165, 1.54) is 12.1 Å². The van der Waals surface area contributed by atoms with Crippen molar-refractivity contribution in [3.8, 4) is 11.5 Å². The summed E-state index contributed by atoms with van der Waals surface area (Å²) in [4.78, 5) is 29.0. The summed E-state index contributed by atoms with van der Waals surface area (Å²) < 4.78 is 107. The quantitative estimate of drug-likeness (QED) is 0.174. The van der Waals surface area contributed by atoms with E-state index in [1.807, 2.05) is 0 Å². The third-order valence-electron chi connectivity index (χ3n) is 5.57. The summed E-state index contributed by atoms with van der Waals surface area (Å²) in [6, 6.07) is 7.64. The number of phosphoric acid groups is 1. The molecule has 0 bridgehead atoms. The van der Waals surface area contributed by atoms with Crippen LogP contribution in [0.2, 0.25) is 0 Å². The highest BCUT2D eigenvalue weighted by Gasteiger charge is 2.50. The van der Waals surface area contributed by atoms with E-state index in [0.717, 1.165) is 31.2 Å². The zero-order valence-corrected chi connectivity index (χ0v) is 23.8. The Balaban J connectivity index is 1.86. The highest BCUT2D eigenvalue weighted by Crippen LogP contribution is 2.38. The number of carbonyl (C=O) groups is 1. The largest absolute Gasteiger partial charge is 0.524 e. The second kappa shape index (κ2) is 13.7. The van der Waals surface area contributed by atoms with Gasteiger partial charge in [0.15, 0.2) is 6.10 Å². The van der Waals surface area contributed by atoms with Crippen LogP contribution < -0.4 is 9.26 Å². The standard InChI is InChI=1S/C24H28F3O13PS/c1-3-11-35-21-20(29)19(13-36-42(33,34)18-6-4-5-15(12-18)24(25,26)27)39-23(22(21)37-14(2)28)38-16-7-9-17(10-8-16)40-41(30,31)32/h4-10,12,19-23,29H,3,11,13H2,1-2H3,(H2,30,31,32)/t19-,20+,21-,22-,23+/m0/s1. The van der Waals surface area contributed by atoms with Crippen molar-refractivity contribution in [2.24, 2.45) is 0 Å². The lowest BCUT2D eigenvalue weighted by molar-refractivity contribution is -0.288. The van der Waals surface area contributed by atoms with Crippen molar-refractivity contribution in [3.05, 3.63) is 54.1 Å². The van der Waals surface area contributed by atoms with Gasteiger partial charge in [0.25, 0.3) is 10.1 Å². The first kappa shape index (κ1) is 33.7. The Labute approximate surface area is 238 Å². The minimum atomic E-state index is -4.84.